The molecule has 3 unspecified atom stereocenters. The van der Waals surface area contributed by atoms with E-state index in [2.05, 4.69) is 13.8 Å². The van der Waals surface area contributed by atoms with Crippen molar-refractivity contribution >= 4 is 11.9 Å². The first kappa shape index (κ1) is 18.9. The van der Waals surface area contributed by atoms with Crippen molar-refractivity contribution in [2.75, 3.05) is 0 Å². The Morgan fingerprint density at radius 3 is 1.80 bits per heavy atom. The van der Waals surface area contributed by atoms with Crippen LogP contribution < -0.4 is 5.73 Å². The van der Waals surface area contributed by atoms with Crippen molar-refractivity contribution < 1.29 is 19.8 Å². The molecule has 0 aliphatic heterocycles. The van der Waals surface area contributed by atoms with Gasteiger partial charge in [-0.1, -0.05) is 52.4 Å². The van der Waals surface area contributed by atoms with Gasteiger partial charge in [0.25, 0.3) is 0 Å². The van der Waals surface area contributed by atoms with E-state index in [-0.39, 0.29) is 0 Å². The van der Waals surface area contributed by atoms with Crippen molar-refractivity contribution in [3.05, 3.63) is 0 Å². The summed E-state index contributed by atoms with van der Waals surface area (Å²) in [5.74, 6) is -3.15. The van der Waals surface area contributed by atoms with E-state index in [0.29, 0.717) is 12.8 Å². The second-order valence-electron chi connectivity index (χ2n) is 5.46. The van der Waals surface area contributed by atoms with Crippen LogP contribution in [0.2, 0.25) is 0 Å². The molecule has 5 nitrogen and oxygen atoms in total. The smallest absolute Gasteiger partial charge is 0.320 e. The molecule has 0 fully saturated rings. The summed E-state index contributed by atoms with van der Waals surface area (Å²) in [6.07, 6.45) is 6.70. The normalized spacial score (nSPS) is 15.6. The van der Waals surface area contributed by atoms with Gasteiger partial charge < -0.3 is 15.9 Å². The number of hydrogen-bond donors (Lipinski definition) is 3. The third kappa shape index (κ3) is 6.89. The molecule has 4 N–H and O–H groups in total. The Kier molecular flexibility index (Phi) is 10.1. The molecule has 0 bridgehead atoms. The maximum atomic E-state index is 11.4. The van der Waals surface area contributed by atoms with Gasteiger partial charge >= 0.3 is 11.9 Å². The molecule has 0 aromatic carbocycles. The lowest BCUT2D eigenvalue weighted by atomic mass is 9.79. The molecule has 0 aromatic rings. The molecule has 5 heteroatoms. The van der Waals surface area contributed by atoms with Crippen LogP contribution in [0.25, 0.3) is 0 Å². The molecule has 118 valence electrons. The van der Waals surface area contributed by atoms with Crippen LogP contribution in [0.1, 0.15) is 65.2 Å². The van der Waals surface area contributed by atoms with Crippen molar-refractivity contribution in [2.24, 2.45) is 17.6 Å². The standard InChI is InChI=1S/C15H29NO4/c1-3-5-7-9-11(13(16)15(19)20)12(14(17)18)10-8-6-4-2/h11-13H,3-10,16H2,1-2H3,(H,17,18)(H,19,20). The summed E-state index contributed by atoms with van der Waals surface area (Å²) >= 11 is 0. The van der Waals surface area contributed by atoms with Crippen molar-refractivity contribution in [3.8, 4) is 0 Å². The van der Waals surface area contributed by atoms with E-state index in [9.17, 15) is 14.7 Å². The molecule has 0 saturated heterocycles. The van der Waals surface area contributed by atoms with Gasteiger partial charge in [-0.2, -0.15) is 0 Å². The van der Waals surface area contributed by atoms with Crippen LogP contribution in [0.4, 0.5) is 0 Å². The second-order valence-corrected chi connectivity index (χ2v) is 5.46. The molecule has 0 amide bonds. The topological polar surface area (TPSA) is 101 Å². The van der Waals surface area contributed by atoms with Gasteiger partial charge in [-0.3, -0.25) is 9.59 Å². The molecule has 3 atom stereocenters. The average Bonchev–Trinajstić information content (AvgIpc) is 2.39. The van der Waals surface area contributed by atoms with Crippen LogP contribution >= 0.6 is 0 Å². The third-order valence-corrected chi connectivity index (χ3v) is 3.84. The minimum atomic E-state index is -1.10. The van der Waals surface area contributed by atoms with E-state index in [0.717, 1.165) is 38.5 Å². The van der Waals surface area contributed by atoms with Crippen LogP contribution in [0.5, 0.6) is 0 Å². The Morgan fingerprint density at radius 2 is 1.40 bits per heavy atom. The summed E-state index contributed by atoms with van der Waals surface area (Å²) in [7, 11) is 0. The highest BCUT2D eigenvalue weighted by atomic mass is 16.4. The fourth-order valence-corrected chi connectivity index (χ4v) is 2.58. The molecule has 0 aromatic heterocycles. The predicted molar refractivity (Wildman–Crippen MR) is 78.5 cm³/mol. The molecule has 0 heterocycles. The zero-order valence-electron chi connectivity index (χ0n) is 12.7. The summed E-state index contributed by atoms with van der Waals surface area (Å²) in [4.78, 5) is 22.6. The second kappa shape index (κ2) is 10.7. The van der Waals surface area contributed by atoms with Crippen LogP contribution in [0.3, 0.4) is 0 Å². The van der Waals surface area contributed by atoms with Gasteiger partial charge in [-0.25, -0.2) is 0 Å². The van der Waals surface area contributed by atoms with Crippen molar-refractivity contribution in [3.63, 3.8) is 0 Å². The maximum absolute atomic E-state index is 11.4. The Morgan fingerprint density at radius 1 is 0.900 bits per heavy atom. The summed E-state index contributed by atoms with van der Waals surface area (Å²) in [6, 6.07) is -1.09. The zero-order chi connectivity index (χ0) is 15.5. The number of hydrogen-bond acceptors (Lipinski definition) is 3. The number of carbonyl (C=O) groups is 2. The molecule has 0 radical (unpaired) electrons. The molecule has 0 rings (SSSR count). The summed E-state index contributed by atoms with van der Waals surface area (Å²) in [5, 5.41) is 18.5. The van der Waals surface area contributed by atoms with Crippen LogP contribution in [-0.4, -0.2) is 28.2 Å². The van der Waals surface area contributed by atoms with Crippen LogP contribution in [0, 0.1) is 11.8 Å². The first-order valence-corrected chi connectivity index (χ1v) is 7.66. The van der Waals surface area contributed by atoms with E-state index >= 15 is 0 Å². The fraction of sp³-hybridized carbons (Fsp3) is 0.867. The van der Waals surface area contributed by atoms with E-state index in [1.807, 2.05) is 0 Å². The molecule has 0 aliphatic carbocycles. The van der Waals surface area contributed by atoms with E-state index < -0.39 is 29.8 Å². The SMILES string of the molecule is CCCCCC(C(=O)O)C(CCCCC)C(N)C(=O)O. The quantitative estimate of drug-likeness (QED) is 0.479. The van der Waals surface area contributed by atoms with Gasteiger partial charge in [0.05, 0.1) is 5.92 Å². The first-order chi connectivity index (χ1) is 9.45. The Balaban J connectivity index is 4.79. The van der Waals surface area contributed by atoms with Crippen LogP contribution in [0.15, 0.2) is 0 Å². The van der Waals surface area contributed by atoms with E-state index in [1.54, 1.807) is 0 Å². The highest BCUT2D eigenvalue weighted by Crippen LogP contribution is 2.27. The lowest BCUT2D eigenvalue weighted by Crippen LogP contribution is -2.43. The summed E-state index contributed by atoms with van der Waals surface area (Å²) in [6.45, 7) is 4.11. The van der Waals surface area contributed by atoms with Crippen LogP contribution in [-0.2, 0) is 9.59 Å². The zero-order valence-corrected chi connectivity index (χ0v) is 12.7. The van der Waals surface area contributed by atoms with Crippen molar-refractivity contribution in [2.45, 2.75) is 71.3 Å². The highest BCUT2D eigenvalue weighted by molar-refractivity contribution is 5.76. The third-order valence-electron chi connectivity index (χ3n) is 3.84. The number of aliphatic carboxylic acids is 2. The van der Waals surface area contributed by atoms with E-state index in [4.69, 9.17) is 10.8 Å². The van der Waals surface area contributed by atoms with Gasteiger partial charge in [-0.15, -0.1) is 0 Å². The number of nitrogens with two attached hydrogens (primary N) is 1. The molecule has 20 heavy (non-hydrogen) atoms. The first-order valence-electron chi connectivity index (χ1n) is 7.66. The number of carboxylic acid groups (broad SMARTS) is 2. The van der Waals surface area contributed by atoms with Gasteiger partial charge in [0.2, 0.25) is 0 Å². The molecule has 0 saturated carbocycles. The van der Waals surface area contributed by atoms with Gasteiger partial charge in [-0.05, 0) is 18.8 Å². The lowest BCUT2D eigenvalue weighted by Gasteiger charge is -2.27. The Hall–Kier alpha value is -1.10. The Labute approximate surface area is 121 Å². The van der Waals surface area contributed by atoms with Gasteiger partial charge in [0.15, 0.2) is 0 Å². The van der Waals surface area contributed by atoms with E-state index in [1.165, 1.54) is 0 Å². The minimum Gasteiger partial charge on any atom is -0.481 e. The summed E-state index contributed by atoms with van der Waals surface area (Å²) < 4.78 is 0. The molecule has 0 aliphatic rings. The number of rotatable bonds is 12. The number of unbranched alkanes of at least 4 members (excludes halogenated alkanes) is 4. The minimum absolute atomic E-state index is 0.478. The highest BCUT2D eigenvalue weighted by Gasteiger charge is 2.35. The maximum Gasteiger partial charge on any atom is 0.320 e. The molecule has 0 spiro atoms. The average molecular weight is 287 g/mol. The fourth-order valence-electron chi connectivity index (χ4n) is 2.58. The van der Waals surface area contributed by atoms with Crippen molar-refractivity contribution in [1.82, 2.24) is 0 Å². The molecular formula is C15H29NO4. The largest absolute Gasteiger partial charge is 0.481 e. The Bertz CT molecular complexity index is 294. The monoisotopic (exact) mass is 287 g/mol. The summed E-state index contributed by atoms with van der Waals surface area (Å²) in [5.41, 5.74) is 5.72. The van der Waals surface area contributed by atoms with Crippen molar-refractivity contribution in [1.29, 1.82) is 0 Å². The molecular weight excluding hydrogens is 258 g/mol. The number of carboxylic acids is 2. The van der Waals surface area contributed by atoms with Gasteiger partial charge in [0.1, 0.15) is 6.04 Å². The predicted octanol–water partition coefficient (Wildman–Crippen LogP) is 2.88. The van der Waals surface area contributed by atoms with Gasteiger partial charge in [0, 0.05) is 0 Å². The lowest BCUT2D eigenvalue weighted by molar-refractivity contribution is -0.147.